The Bertz CT molecular complexity index is 440. The molecule has 1 unspecified atom stereocenters. The number of aliphatic hydroxyl groups is 1. The first-order chi connectivity index (χ1) is 8.32. The normalized spacial score (nSPS) is 14.3. The van der Waals surface area contributed by atoms with Crippen molar-refractivity contribution in [1.82, 2.24) is 9.78 Å². The topological polar surface area (TPSA) is 93.2 Å². The summed E-state index contributed by atoms with van der Waals surface area (Å²) in [5.74, 6) is 0.338. The van der Waals surface area contributed by atoms with Crippen LogP contribution in [0.25, 0.3) is 0 Å². The third kappa shape index (κ3) is 2.98. The Hall–Kier alpha value is -1.63. The van der Waals surface area contributed by atoms with Gasteiger partial charge in [-0.05, 0) is 19.8 Å². The third-order valence-electron chi connectivity index (χ3n) is 3.01. The lowest BCUT2D eigenvalue weighted by Gasteiger charge is -2.21. The maximum atomic E-state index is 11.1. The predicted octanol–water partition coefficient (Wildman–Crippen LogP) is 1.46. The van der Waals surface area contributed by atoms with E-state index in [2.05, 4.69) is 10.4 Å². The van der Waals surface area contributed by atoms with Gasteiger partial charge in [-0.2, -0.15) is 5.10 Å². The van der Waals surface area contributed by atoms with Crippen molar-refractivity contribution in [3.63, 3.8) is 0 Å². The molecular formula is C11H20N4O3. The van der Waals surface area contributed by atoms with Gasteiger partial charge >= 0.3 is 5.69 Å². The Kier molecular flexibility index (Phi) is 4.28. The molecule has 0 saturated carbocycles. The van der Waals surface area contributed by atoms with E-state index in [-0.39, 0.29) is 12.2 Å². The lowest BCUT2D eigenvalue weighted by molar-refractivity contribution is -0.384. The second-order valence-electron chi connectivity index (χ2n) is 4.58. The Morgan fingerprint density at radius 1 is 1.56 bits per heavy atom. The highest BCUT2D eigenvalue weighted by molar-refractivity contribution is 5.59. The van der Waals surface area contributed by atoms with Gasteiger partial charge in [-0.1, -0.05) is 13.8 Å². The largest absolute Gasteiger partial charge is 0.388 e. The molecule has 0 saturated heterocycles. The molecule has 0 amide bonds. The molecule has 0 aliphatic rings. The number of aromatic nitrogens is 2. The van der Waals surface area contributed by atoms with Gasteiger partial charge in [0.15, 0.2) is 0 Å². The first-order valence-corrected chi connectivity index (χ1v) is 5.99. The molecule has 1 aromatic heterocycles. The van der Waals surface area contributed by atoms with E-state index in [1.54, 1.807) is 14.0 Å². The summed E-state index contributed by atoms with van der Waals surface area (Å²) < 4.78 is 1.45. The van der Waals surface area contributed by atoms with Crippen LogP contribution in [0.4, 0.5) is 11.5 Å². The minimum atomic E-state index is -0.898. The Labute approximate surface area is 106 Å². The molecule has 102 valence electrons. The second-order valence-corrected chi connectivity index (χ2v) is 4.58. The molecule has 0 aliphatic heterocycles. The molecule has 7 nitrogen and oxygen atoms in total. The highest BCUT2D eigenvalue weighted by atomic mass is 16.6. The van der Waals surface area contributed by atoms with Crippen LogP contribution in [0.5, 0.6) is 0 Å². The zero-order valence-electron chi connectivity index (χ0n) is 11.2. The number of nitrogens with one attached hydrogen (secondary N) is 1. The molecule has 0 aliphatic carbocycles. The van der Waals surface area contributed by atoms with Crippen molar-refractivity contribution in [2.75, 3.05) is 11.9 Å². The van der Waals surface area contributed by atoms with E-state index in [1.165, 1.54) is 4.68 Å². The summed E-state index contributed by atoms with van der Waals surface area (Å²) in [5, 5.41) is 28.0. The predicted molar refractivity (Wildman–Crippen MR) is 68.6 cm³/mol. The second kappa shape index (κ2) is 5.34. The van der Waals surface area contributed by atoms with E-state index in [4.69, 9.17) is 0 Å². The summed E-state index contributed by atoms with van der Waals surface area (Å²) in [4.78, 5) is 10.6. The Morgan fingerprint density at radius 3 is 2.61 bits per heavy atom. The number of rotatable bonds is 6. The summed E-state index contributed by atoms with van der Waals surface area (Å²) >= 11 is 0. The molecular weight excluding hydrogens is 236 g/mol. The van der Waals surface area contributed by atoms with Crippen molar-refractivity contribution in [3.8, 4) is 0 Å². The lowest BCUT2D eigenvalue weighted by atomic mass is 10.0. The van der Waals surface area contributed by atoms with Gasteiger partial charge in [0.25, 0.3) is 0 Å². The van der Waals surface area contributed by atoms with Crippen molar-refractivity contribution < 1.29 is 10.0 Å². The molecule has 0 radical (unpaired) electrons. The fraction of sp³-hybridized carbons (Fsp3) is 0.727. The van der Waals surface area contributed by atoms with Crippen LogP contribution in [0.1, 0.15) is 32.9 Å². The van der Waals surface area contributed by atoms with E-state index in [1.807, 2.05) is 13.8 Å². The number of nitro groups is 1. The molecule has 1 heterocycles. The third-order valence-corrected chi connectivity index (χ3v) is 3.01. The van der Waals surface area contributed by atoms with Gasteiger partial charge in [-0.15, -0.1) is 0 Å². The van der Waals surface area contributed by atoms with Crippen LogP contribution < -0.4 is 5.32 Å². The van der Waals surface area contributed by atoms with Crippen LogP contribution in [-0.2, 0) is 13.5 Å². The SMILES string of the molecule is CCc1nn(C)c(NCC(C)(O)CC)c1[N+](=O)[O-]. The Balaban J connectivity index is 3.01. The van der Waals surface area contributed by atoms with Gasteiger partial charge in [-0.3, -0.25) is 10.1 Å². The van der Waals surface area contributed by atoms with Gasteiger partial charge < -0.3 is 10.4 Å². The maximum Gasteiger partial charge on any atom is 0.333 e. The minimum Gasteiger partial charge on any atom is -0.388 e. The summed E-state index contributed by atoms with van der Waals surface area (Å²) in [5.41, 5.74) is -0.460. The molecule has 18 heavy (non-hydrogen) atoms. The van der Waals surface area contributed by atoms with Crippen molar-refractivity contribution in [2.24, 2.45) is 7.05 Å². The van der Waals surface area contributed by atoms with Gasteiger partial charge in [0.05, 0.1) is 10.5 Å². The molecule has 2 N–H and O–H groups in total. The van der Waals surface area contributed by atoms with Crippen LogP contribution in [-0.4, -0.2) is 32.0 Å². The van der Waals surface area contributed by atoms with Crippen LogP contribution in [0.15, 0.2) is 0 Å². The minimum absolute atomic E-state index is 0.00750. The fourth-order valence-corrected chi connectivity index (χ4v) is 1.60. The monoisotopic (exact) mass is 256 g/mol. The van der Waals surface area contributed by atoms with Crippen LogP contribution in [0.3, 0.4) is 0 Å². The van der Waals surface area contributed by atoms with E-state index in [9.17, 15) is 15.2 Å². The maximum absolute atomic E-state index is 11.1. The molecule has 1 atom stereocenters. The number of nitrogens with zero attached hydrogens (tertiary/aromatic N) is 3. The van der Waals surface area contributed by atoms with E-state index in [0.29, 0.717) is 24.4 Å². The van der Waals surface area contributed by atoms with E-state index in [0.717, 1.165) is 0 Å². The van der Waals surface area contributed by atoms with E-state index >= 15 is 0 Å². The van der Waals surface area contributed by atoms with Gasteiger partial charge in [0, 0.05) is 13.6 Å². The van der Waals surface area contributed by atoms with Gasteiger partial charge in [-0.25, -0.2) is 4.68 Å². The molecule has 0 bridgehead atoms. The quantitative estimate of drug-likeness (QED) is 0.593. The fourth-order valence-electron chi connectivity index (χ4n) is 1.60. The van der Waals surface area contributed by atoms with Gasteiger partial charge in [0.2, 0.25) is 5.82 Å². The highest BCUT2D eigenvalue weighted by Gasteiger charge is 2.27. The molecule has 0 spiro atoms. The summed E-state index contributed by atoms with van der Waals surface area (Å²) in [7, 11) is 1.65. The molecule has 1 aromatic rings. The summed E-state index contributed by atoms with van der Waals surface area (Å²) in [6.45, 7) is 5.61. The first-order valence-electron chi connectivity index (χ1n) is 5.99. The van der Waals surface area contributed by atoms with Gasteiger partial charge in [0.1, 0.15) is 5.69 Å². The van der Waals surface area contributed by atoms with Crippen LogP contribution in [0.2, 0.25) is 0 Å². The van der Waals surface area contributed by atoms with Crippen molar-refractivity contribution in [1.29, 1.82) is 0 Å². The van der Waals surface area contributed by atoms with Crippen molar-refractivity contribution in [3.05, 3.63) is 15.8 Å². The lowest BCUT2D eigenvalue weighted by Crippen LogP contribution is -2.33. The standard InChI is InChI=1S/C11H20N4O3/c1-5-8-9(15(17)18)10(14(4)13-8)12-7-11(3,16)6-2/h12,16H,5-7H2,1-4H3. The molecule has 1 rings (SSSR count). The smallest absolute Gasteiger partial charge is 0.333 e. The van der Waals surface area contributed by atoms with E-state index < -0.39 is 10.5 Å². The molecule has 7 heteroatoms. The van der Waals surface area contributed by atoms with Crippen LogP contribution >= 0.6 is 0 Å². The first kappa shape index (κ1) is 14.4. The van der Waals surface area contributed by atoms with Crippen molar-refractivity contribution >= 4 is 11.5 Å². The number of hydrogen-bond donors (Lipinski definition) is 2. The molecule has 0 fully saturated rings. The molecule has 0 aromatic carbocycles. The highest BCUT2D eigenvalue weighted by Crippen LogP contribution is 2.28. The average molecular weight is 256 g/mol. The summed E-state index contributed by atoms with van der Waals surface area (Å²) in [6.07, 6.45) is 1.06. The summed E-state index contributed by atoms with van der Waals surface area (Å²) in [6, 6.07) is 0. The Morgan fingerprint density at radius 2 is 2.17 bits per heavy atom. The number of anilines is 1. The van der Waals surface area contributed by atoms with Crippen molar-refractivity contribution in [2.45, 2.75) is 39.2 Å². The average Bonchev–Trinajstić information content (AvgIpc) is 2.63. The number of aryl methyl sites for hydroxylation is 2. The zero-order chi connectivity index (χ0) is 13.9. The van der Waals surface area contributed by atoms with Crippen LogP contribution in [0, 0.1) is 10.1 Å². The zero-order valence-corrected chi connectivity index (χ0v) is 11.2. The number of hydrogen-bond acceptors (Lipinski definition) is 5.